The first-order chi connectivity index (χ1) is 9.49. The van der Waals surface area contributed by atoms with Crippen molar-refractivity contribution in [3.63, 3.8) is 0 Å². The minimum atomic E-state index is -3.46. The molecule has 1 aliphatic rings. The van der Waals surface area contributed by atoms with Gasteiger partial charge in [-0.15, -0.1) is 0 Å². The zero-order valence-electron chi connectivity index (χ0n) is 11.5. The monoisotopic (exact) mass is 295 g/mol. The van der Waals surface area contributed by atoms with Gasteiger partial charge in [-0.3, -0.25) is 9.18 Å². The summed E-state index contributed by atoms with van der Waals surface area (Å²) < 4.78 is 32.2. The van der Waals surface area contributed by atoms with E-state index in [1.165, 1.54) is 0 Å². The lowest BCUT2D eigenvalue weighted by Crippen LogP contribution is -2.11. The molecule has 0 bridgehead atoms. The first kappa shape index (κ1) is 14.7. The van der Waals surface area contributed by atoms with E-state index in [2.05, 4.69) is 4.99 Å². The summed E-state index contributed by atoms with van der Waals surface area (Å²) >= 11 is 0. The number of rotatable bonds is 5. The number of methoxy groups -OCH3 is 1. The van der Waals surface area contributed by atoms with Gasteiger partial charge in [0, 0.05) is 18.3 Å². The van der Waals surface area contributed by atoms with Crippen LogP contribution in [0.3, 0.4) is 0 Å². The van der Waals surface area contributed by atoms with Gasteiger partial charge in [-0.2, -0.15) is 8.42 Å². The van der Waals surface area contributed by atoms with E-state index in [-0.39, 0.29) is 6.61 Å². The fourth-order valence-corrected chi connectivity index (χ4v) is 2.35. The summed E-state index contributed by atoms with van der Waals surface area (Å²) in [4.78, 5) is 4.19. The SMILES string of the molecule is COc1ccc(C2=C(COS(C)(=O)=O)C=NCC2)cc1. The maximum Gasteiger partial charge on any atom is 0.264 e. The molecule has 6 heteroatoms. The third-order valence-corrected chi connectivity index (χ3v) is 3.54. The topological polar surface area (TPSA) is 65.0 Å². The molecule has 1 heterocycles. The molecule has 108 valence electrons. The van der Waals surface area contributed by atoms with E-state index < -0.39 is 10.1 Å². The van der Waals surface area contributed by atoms with Crippen LogP contribution >= 0.6 is 0 Å². The Hall–Kier alpha value is -1.66. The molecule has 1 aromatic carbocycles. The molecular weight excluding hydrogens is 278 g/mol. The number of hydrogen-bond acceptors (Lipinski definition) is 5. The van der Waals surface area contributed by atoms with Crippen molar-refractivity contribution in [3.8, 4) is 5.75 Å². The van der Waals surface area contributed by atoms with Crippen LogP contribution in [0.25, 0.3) is 5.57 Å². The van der Waals surface area contributed by atoms with Crippen LogP contribution in [-0.4, -0.2) is 41.1 Å². The highest BCUT2D eigenvalue weighted by Crippen LogP contribution is 2.26. The third-order valence-electron chi connectivity index (χ3n) is 2.99. The zero-order chi connectivity index (χ0) is 14.6. The van der Waals surface area contributed by atoms with E-state index in [1.807, 2.05) is 24.3 Å². The molecule has 1 aliphatic heterocycles. The summed E-state index contributed by atoms with van der Waals surface area (Å²) in [5.74, 6) is 0.785. The molecule has 0 unspecified atom stereocenters. The van der Waals surface area contributed by atoms with Crippen molar-refractivity contribution in [1.82, 2.24) is 0 Å². The standard InChI is InChI=1S/C14H17NO4S/c1-18-13-5-3-11(4-6-13)14-7-8-15-9-12(14)10-19-20(2,16)17/h3-6,9H,7-8,10H2,1-2H3. The lowest BCUT2D eigenvalue weighted by Gasteiger charge is -2.16. The third kappa shape index (κ3) is 3.91. The van der Waals surface area contributed by atoms with Crippen LogP contribution < -0.4 is 4.74 Å². The summed E-state index contributed by atoms with van der Waals surface area (Å²) in [7, 11) is -1.84. The van der Waals surface area contributed by atoms with E-state index in [1.54, 1.807) is 13.3 Å². The van der Waals surface area contributed by atoms with Crippen LogP contribution in [0.2, 0.25) is 0 Å². The molecule has 2 rings (SSSR count). The minimum Gasteiger partial charge on any atom is -0.497 e. The Morgan fingerprint density at radius 1 is 1.25 bits per heavy atom. The Kier molecular flexibility index (Phi) is 4.57. The molecule has 20 heavy (non-hydrogen) atoms. The van der Waals surface area contributed by atoms with Gasteiger partial charge in [0.05, 0.1) is 20.0 Å². The van der Waals surface area contributed by atoms with Crippen LogP contribution in [0, 0.1) is 0 Å². The molecule has 0 N–H and O–H groups in total. The van der Waals surface area contributed by atoms with Crippen molar-refractivity contribution in [2.45, 2.75) is 6.42 Å². The summed E-state index contributed by atoms with van der Waals surface area (Å²) in [5, 5.41) is 0. The molecule has 0 amide bonds. The predicted molar refractivity (Wildman–Crippen MR) is 78.7 cm³/mol. The normalized spacial score (nSPS) is 15.5. The first-order valence-electron chi connectivity index (χ1n) is 6.20. The maximum atomic E-state index is 11.1. The van der Waals surface area contributed by atoms with Crippen LogP contribution in [-0.2, 0) is 14.3 Å². The number of ether oxygens (including phenoxy) is 1. The summed E-state index contributed by atoms with van der Waals surface area (Å²) in [6, 6.07) is 7.66. The lowest BCUT2D eigenvalue weighted by atomic mass is 9.96. The maximum absolute atomic E-state index is 11.1. The quantitative estimate of drug-likeness (QED) is 0.778. The van der Waals surface area contributed by atoms with Crippen molar-refractivity contribution >= 4 is 21.9 Å². The van der Waals surface area contributed by atoms with Crippen molar-refractivity contribution < 1.29 is 17.3 Å². The minimum absolute atomic E-state index is 0.0176. The number of hydrogen-bond donors (Lipinski definition) is 0. The summed E-state index contributed by atoms with van der Waals surface area (Å²) in [6.07, 6.45) is 3.50. The number of nitrogens with zero attached hydrogens (tertiary/aromatic N) is 1. The van der Waals surface area contributed by atoms with Crippen molar-refractivity contribution in [2.24, 2.45) is 4.99 Å². The Morgan fingerprint density at radius 3 is 2.55 bits per heavy atom. The highest BCUT2D eigenvalue weighted by Gasteiger charge is 2.14. The highest BCUT2D eigenvalue weighted by molar-refractivity contribution is 7.86. The smallest absolute Gasteiger partial charge is 0.264 e. The van der Waals surface area contributed by atoms with Gasteiger partial charge in [-0.05, 0) is 29.7 Å². The Labute approximate surface area is 119 Å². The molecule has 1 aromatic rings. The summed E-state index contributed by atoms with van der Waals surface area (Å²) in [5.41, 5.74) is 2.89. The van der Waals surface area contributed by atoms with Gasteiger partial charge in [0.25, 0.3) is 10.1 Å². The number of aliphatic imine (C=N–C) groups is 1. The fraction of sp³-hybridized carbons (Fsp3) is 0.357. The second-order valence-electron chi connectivity index (χ2n) is 4.48. The van der Waals surface area contributed by atoms with Crippen LogP contribution in [0.1, 0.15) is 12.0 Å². The van der Waals surface area contributed by atoms with Gasteiger partial charge in [-0.1, -0.05) is 12.1 Å². The van der Waals surface area contributed by atoms with Crippen LogP contribution in [0.15, 0.2) is 34.8 Å². The van der Waals surface area contributed by atoms with Gasteiger partial charge in [0.15, 0.2) is 0 Å². The Morgan fingerprint density at radius 2 is 1.95 bits per heavy atom. The molecule has 0 aliphatic carbocycles. The van der Waals surface area contributed by atoms with E-state index in [0.717, 1.165) is 35.1 Å². The average Bonchev–Trinajstić information content (AvgIpc) is 2.45. The number of dihydropyridines is 1. The van der Waals surface area contributed by atoms with Crippen molar-refractivity contribution in [3.05, 3.63) is 35.4 Å². The van der Waals surface area contributed by atoms with E-state index >= 15 is 0 Å². The largest absolute Gasteiger partial charge is 0.497 e. The number of benzene rings is 1. The van der Waals surface area contributed by atoms with Crippen LogP contribution in [0.5, 0.6) is 5.75 Å². The van der Waals surface area contributed by atoms with Gasteiger partial charge in [-0.25, -0.2) is 0 Å². The second kappa shape index (κ2) is 6.19. The molecule has 0 radical (unpaired) electrons. The molecule has 5 nitrogen and oxygen atoms in total. The molecule has 0 saturated carbocycles. The predicted octanol–water partition coefficient (Wildman–Crippen LogP) is 1.90. The fourth-order valence-electron chi connectivity index (χ4n) is 2.01. The molecule has 0 saturated heterocycles. The zero-order valence-corrected chi connectivity index (χ0v) is 12.3. The molecular formula is C14H17NO4S. The average molecular weight is 295 g/mol. The molecule has 0 atom stereocenters. The Bertz CT molecular complexity index is 630. The summed E-state index contributed by atoms with van der Waals surface area (Å²) in [6.45, 7) is 0.716. The van der Waals surface area contributed by atoms with Crippen molar-refractivity contribution in [1.29, 1.82) is 0 Å². The molecule has 0 aromatic heterocycles. The van der Waals surface area contributed by atoms with Crippen LogP contribution in [0.4, 0.5) is 0 Å². The molecule has 0 spiro atoms. The first-order valence-corrected chi connectivity index (χ1v) is 8.02. The lowest BCUT2D eigenvalue weighted by molar-refractivity contribution is 0.357. The van der Waals surface area contributed by atoms with Gasteiger partial charge < -0.3 is 4.74 Å². The van der Waals surface area contributed by atoms with Gasteiger partial charge >= 0.3 is 0 Å². The van der Waals surface area contributed by atoms with Crippen molar-refractivity contribution in [2.75, 3.05) is 26.5 Å². The van der Waals surface area contributed by atoms with E-state index in [9.17, 15) is 8.42 Å². The molecule has 0 fully saturated rings. The highest BCUT2D eigenvalue weighted by atomic mass is 32.2. The Balaban J connectivity index is 2.27. The second-order valence-corrected chi connectivity index (χ2v) is 6.13. The van der Waals surface area contributed by atoms with Gasteiger partial charge in [0.2, 0.25) is 0 Å². The van der Waals surface area contributed by atoms with Gasteiger partial charge in [0.1, 0.15) is 5.75 Å². The van der Waals surface area contributed by atoms with E-state index in [4.69, 9.17) is 8.92 Å². The van der Waals surface area contributed by atoms with E-state index in [0.29, 0.717) is 6.54 Å².